The molecule has 1 aromatic heterocycles. The fourth-order valence-corrected chi connectivity index (χ4v) is 6.49. The maximum Gasteiger partial charge on any atom is 0.416 e. The third-order valence-corrected chi connectivity index (χ3v) is 8.84. The lowest BCUT2D eigenvalue weighted by atomic mass is 9.95. The number of benzene rings is 1. The van der Waals surface area contributed by atoms with E-state index in [-0.39, 0.29) is 29.9 Å². The van der Waals surface area contributed by atoms with Gasteiger partial charge in [-0.3, -0.25) is 24.2 Å². The molecular weight excluding hydrogens is 585 g/mol. The molecule has 230 valence electrons. The van der Waals surface area contributed by atoms with Crippen LogP contribution in [0.25, 0.3) is 0 Å². The lowest BCUT2D eigenvalue weighted by Gasteiger charge is -2.44. The van der Waals surface area contributed by atoms with Gasteiger partial charge in [-0.1, -0.05) is 24.2 Å². The van der Waals surface area contributed by atoms with Crippen LogP contribution >= 0.6 is 11.6 Å². The zero-order valence-electron chi connectivity index (χ0n) is 24.3. The van der Waals surface area contributed by atoms with Crippen molar-refractivity contribution in [2.75, 3.05) is 61.5 Å². The van der Waals surface area contributed by atoms with Crippen molar-refractivity contribution in [1.82, 2.24) is 14.8 Å². The van der Waals surface area contributed by atoms with Crippen LogP contribution in [0.5, 0.6) is 0 Å². The Hall–Kier alpha value is -3.64. The van der Waals surface area contributed by atoms with E-state index in [1.807, 2.05) is 7.05 Å². The topological polar surface area (TPSA) is 80.3 Å². The van der Waals surface area contributed by atoms with Gasteiger partial charge >= 0.3 is 6.18 Å². The molecule has 0 aliphatic carbocycles. The number of likely N-dealkylation sites (tertiary alicyclic amines) is 1. The molecule has 0 bridgehead atoms. The highest BCUT2D eigenvalue weighted by Crippen LogP contribution is 2.43. The predicted octanol–water partition coefficient (Wildman–Crippen LogP) is 3.99. The van der Waals surface area contributed by atoms with Gasteiger partial charge in [0.1, 0.15) is 11.9 Å². The van der Waals surface area contributed by atoms with E-state index in [2.05, 4.69) is 21.4 Å². The number of hydrogen-bond donors (Lipinski definition) is 0. The molecule has 13 heteroatoms. The number of para-hydroxylation sites is 1. The van der Waals surface area contributed by atoms with Crippen molar-refractivity contribution in [2.24, 2.45) is 5.92 Å². The standard InChI is InChI=1S/C30H34ClF3N6O3/c1-5-25(41)39-16-21(17-39)36(3)10-7-11-38-15-19-13-26(42)40(24-14-20(30(32,33)34)12-18(2)35-24)27(19)29(43)37(4)23-9-6-8-22(31)28(23)38/h5-6,8-9,12,14,19,21,27H,1,7,10-11,13,15-17H2,2-4H3/t19-,27+/m1/s1. The van der Waals surface area contributed by atoms with Gasteiger partial charge in [0.05, 0.1) is 22.0 Å². The third kappa shape index (κ3) is 5.95. The Kier molecular flexibility index (Phi) is 8.45. The van der Waals surface area contributed by atoms with Crippen LogP contribution < -0.4 is 14.7 Å². The van der Waals surface area contributed by atoms with E-state index in [1.165, 1.54) is 17.9 Å². The van der Waals surface area contributed by atoms with Gasteiger partial charge in [-0.15, -0.1) is 0 Å². The third-order valence-electron chi connectivity index (χ3n) is 8.54. The largest absolute Gasteiger partial charge is 0.416 e. The van der Waals surface area contributed by atoms with Crippen molar-refractivity contribution in [3.8, 4) is 0 Å². The average molecular weight is 619 g/mol. The number of nitrogens with zero attached hydrogens (tertiary/aromatic N) is 6. The van der Waals surface area contributed by atoms with Crippen LogP contribution in [0, 0.1) is 12.8 Å². The molecule has 0 N–H and O–H groups in total. The van der Waals surface area contributed by atoms with Crippen LogP contribution in [0.2, 0.25) is 5.02 Å². The Labute approximate surface area is 253 Å². The van der Waals surface area contributed by atoms with Crippen molar-refractivity contribution in [1.29, 1.82) is 0 Å². The van der Waals surface area contributed by atoms with Crippen LogP contribution in [0.15, 0.2) is 43.0 Å². The first-order valence-corrected chi connectivity index (χ1v) is 14.5. The van der Waals surface area contributed by atoms with Gasteiger partial charge in [0.15, 0.2) is 0 Å². The number of anilines is 3. The summed E-state index contributed by atoms with van der Waals surface area (Å²) in [5.74, 6) is -1.65. The minimum absolute atomic E-state index is 0.0212. The molecular formula is C30H34ClF3N6O3. The number of hydrogen-bond acceptors (Lipinski definition) is 6. The zero-order chi connectivity index (χ0) is 31.2. The Morgan fingerprint density at radius 2 is 1.93 bits per heavy atom. The quantitative estimate of drug-likeness (QED) is 0.437. The molecule has 9 nitrogen and oxygen atoms in total. The fraction of sp³-hybridized carbons (Fsp3) is 0.467. The molecule has 2 atom stereocenters. The van der Waals surface area contributed by atoms with Crippen molar-refractivity contribution in [2.45, 2.75) is 38.0 Å². The predicted molar refractivity (Wildman–Crippen MR) is 158 cm³/mol. The number of pyridine rings is 1. The summed E-state index contributed by atoms with van der Waals surface area (Å²) in [6, 6.07) is 6.21. The van der Waals surface area contributed by atoms with Crippen molar-refractivity contribution < 1.29 is 27.6 Å². The molecule has 2 fully saturated rings. The first kappa shape index (κ1) is 30.8. The van der Waals surface area contributed by atoms with Gasteiger partial charge in [0, 0.05) is 57.3 Å². The molecule has 3 amide bonds. The summed E-state index contributed by atoms with van der Waals surface area (Å²) in [4.78, 5) is 52.0. The van der Waals surface area contributed by atoms with Gasteiger partial charge in [-0.25, -0.2) is 4.98 Å². The zero-order valence-corrected chi connectivity index (χ0v) is 25.0. The number of aromatic nitrogens is 1. The minimum atomic E-state index is -4.63. The van der Waals surface area contributed by atoms with Crippen molar-refractivity contribution >= 4 is 46.5 Å². The number of alkyl halides is 3. The van der Waals surface area contributed by atoms with E-state index in [4.69, 9.17) is 11.6 Å². The Morgan fingerprint density at radius 1 is 1.21 bits per heavy atom. The number of halogens is 4. The van der Waals surface area contributed by atoms with Crippen LogP contribution in [-0.2, 0) is 20.6 Å². The molecule has 1 aromatic carbocycles. The Bertz CT molecular complexity index is 1450. The second kappa shape index (κ2) is 11.8. The molecule has 4 heterocycles. The van der Waals surface area contributed by atoms with Gasteiger partial charge in [0.25, 0.3) is 0 Å². The highest BCUT2D eigenvalue weighted by molar-refractivity contribution is 6.34. The molecule has 5 rings (SSSR count). The Morgan fingerprint density at radius 3 is 2.60 bits per heavy atom. The molecule has 0 spiro atoms. The summed E-state index contributed by atoms with van der Waals surface area (Å²) in [5, 5.41) is 0.456. The summed E-state index contributed by atoms with van der Waals surface area (Å²) in [6.45, 7) is 7.83. The molecule has 0 unspecified atom stereocenters. The number of carbonyl (C=O) groups excluding carboxylic acids is 3. The van der Waals surface area contributed by atoms with Gasteiger partial charge < -0.3 is 14.7 Å². The number of amides is 3. The molecule has 2 saturated heterocycles. The maximum atomic E-state index is 13.9. The summed E-state index contributed by atoms with van der Waals surface area (Å²) in [5.41, 5.74) is 0.393. The first-order valence-electron chi connectivity index (χ1n) is 14.1. The van der Waals surface area contributed by atoms with E-state index in [1.54, 1.807) is 30.1 Å². The molecule has 0 saturated carbocycles. The van der Waals surface area contributed by atoms with Gasteiger partial charge in [-0.2, -0.15) is 13.2 Å². The van der Waals surface area contributed by atoms with Crippen LogP contribution in [0.4, 0.5) is 30.4 Å². The number of rotatable bonds is 7. The summed E-state index contributed by atoms with van der Waals surface area (Å²) in [6.07, 6.45) is -2.61. The monoisotopic (exact) mass is 618 g/mol. The smallest absolute Gasteiger partial charge is 0.368 e. The van der Waals surface area contributed by atoms with E-state index in [0.717, 1.165) is 30.0 Å². The number of aryl methyl sites for hydroxylation is 1. The van der Waals surface area contributed by atoms with E-state index < -0.39 is 35.5 Å². The van der Waals surface area contributed by atoms with E-state index >= 15 is 0 Å². The average Bonchev–Trinajstić information content (AvgIpc) is 3.24. The first-order chi connectivity index (χ1) is 20.3. The molecule has 43 heavy (non-hydrogen) atoms. The summed E-state index contributed by atoms with van der Waals surface area (Å²) >= 11 is 6.70. The molecule has 2 aromatic rings. The van der Waals surface area contributed by atoms with Crippen LogP contribution in [0.3, 0.4) is 0 Å². The summed E-state index contributed by atoms with van der Waals surface area (Å²) < 4.78 is 40.9. The van der Waals surface area contributed by atoms with Crippen molar-refractivity contribution in [3.05, 3.63) is 59.3 Å². The second-order valence-corrected chi connectivity index (χ2v) is 11.8. The number of likely N-dealkylation sites (N-methyl/N-ethyl adjacent to an activating group) is 2. The van der Waals surface area contributed by atoms with Crippen LogP contribution in [0.1, 0.15) is 24.1 Å². The van der Waals surface area contributed by atoms with E-state index in [0.29, 0.717) is 42.6 Å². The highest BCUT2D eigenvalue weighted by Gasteiger charge is 2.49. The molecule has 3 aliphatic rings. The van der Waals surface area contributed by atoms with Crippen LogP contribution in [-0.4, -0.2) is 91.4 Å². The fourth-order valence-electron chi connectivity index (χ4n) is 6.20. The van der Waals surface area contributed by atoms with Gasteiger partial charge in [0.2, 0.25) is 17.7 Å². The minimum Gasteiger partial charge on any atom is -0.368 e. The number of carbonyl (C=O) groups is 3. The molecule has 3 aliphatic heterocycles. The normalized spacial score (nSPS) is 21.0. The number of fused-ring (bicyclic) bond motifs is 2. The Balaban J connectivity index is 1.41. The summed E-state index contributed by atoms with van der Waals surface area (Å²) in [7, 11) is 3.60. The molecule has 0 radical (unpaired) electrons. The lowest BCUT2D eigenvalue weighted by Crippen LogP contribution is -2.60. The van der Waals surface area contributed by atoms with E-state index in [9.17, 15) is 27.6 Å². The van der Waals surface area contributed by atoms with Gasteiger partial charge in [-0.05, 0) is 57.3 Å². The van der Waals surface area contributed by atoms with Crippen molar-refractivity contribution in [3.63, 3.8) is 0 Å². The highest BCUT2D eigenvalue weighted by atomic mass is 35.5. The second-order valence-electron chi connectivity index (χ2n) is 11.4. The lowest BCUT2D eigenvalue weighted by molar-refractivity contribution is -0.137. The SMILES string of the molecule is C=CC(=O)N1CC(N(C)CCCN2C[C@H]3CC(=O)N(c4cc(C(F)(F)F)cc(C)n4)[C@@H]3C(=O)N(C)c3cccc(Cl)c32)C1. The maximum absolute atomic E-state index is 13.9.